The van der Waals surface area contributed by atoms with Gasteiger partial charge in [-0.2, -0.15) is 0 Å². The smallest absolute Gasteiger partial charge is 0.194 e. The largest absolute Gasteiger partial charge is 0.382 e. The van der Waals surface area contributed by atoms with Gasteiger partial charge in [0.1, 0.15) is 5.60 Å². The lowest BCUT2D eigenvalue weighted by Crippen LogP contribution is -2.31. The Hall–Kier alpha value is -2.26. The van der Waals surface area contributed by atoms with Crippen LogP contribution in [0.4, 0.5) is 0 Å². The fourth-order valence-electron chi connectivity index (χ4n) is 2.15. The fraction of sp³-hybridized carbons (Fsp3) is 0.222. The van der Waals surface area contributed by atoms with E-state index in [9.17, 15) is 14.7 Å². The van der Waals surface area contributed by atoms with Gasteiger partial charge >= 0.3 is 0 Å². The van der Waals surface area contributed by atoms with Gasteiger partial charge < -0.3 is 5.11 Å². The minimum atomic E-state index is -1.42. The molecule has 2 aromatic rings. The third-order valence-electron chi connectivity index (χ3n) is 3.32. The van der Waals surface area contributed by atoms with E-state index in [1.165, 1.54) is 13.8 Å². The first-order valence-corrected chi connectivity index (χ1v) is 6.78. The summed E-state index contributed by atoms with van der Waals surface area (Å²) in [5.41, 5.74) is 0.843. The zero-order chi connectivity index (χ0) is 15.6. The van der Waals surface area contributed by atoms with Crippen molar-refractivity contribution in [3.63, 3.8) is 0 Å². The van der Waals surface area contributed by atoms with Crippen LogP contribution < -0.4 is 0 Å². The molecular weight excluding hydrogens is 264 g/mol. The van der Waals surface area contributed by atoms with E-state index in [2.05, 4.69) is 0 Å². The van der Waals surface area contributed by atoms with E-state index in [1.807, 2.05) is 18.2 Å². The maximum atomic E-state index is 12.3. The molecule has 3 heteroatoms. The van der Waals surface area contributed by atoms with E-state index in [4.69, 9.17) is 0 Å². The van der Waals surface area contributed by atoms with Crippen LogP contribution in [0, 0.1) is 6.92 Å². The van der Waals surface area contributed by atoms with Gasteiger partial charge in [-0.3, -0.25) is 9.59 Å². The molecule has 0 saturated heterocycles. The van der Waals surface area contributed by atoms with E-state index in [0.717, 1.165) is 0 Å². The Kier molecular flexibility index (Phi) is 4.05. The number of hydrogen-bond acceptors (Lipinski definition) is 3. The van der Waals surface area contributed by atoms with Crippen molar-refractivity contribution < 1.29 is 14.7 Å². The van der Waals surface area contributed by atoms with Crippen molar-refractivity contribution >= 4 is 11.6 Å². The van der Waals surface area contributed by atoms with Crippen molar-refractivity contribution in [3.8, 4) is 0 Å². The molecule has 0 heterocycles. The molecule has 0 atom stereocenters. The Morgan fingerprint density at radius 3 is 2.10 bits per heavy atom. The van der Waals surface area contributed by atoms with Crippen LogP contribution in [0.3, 0.4) is 0 Å². The van der Waals surface area contributed by atoms with E-state index in [1.54, 1.807) is 37.3 Å². The average Bonchev–Trinajstić information content (AvgIpc) is 2.45. The van der Waals surface area contributed by atoms with Gasteiger partial charge in [-0.25, -0.2) is 0 Å². The average molecular weight is 282 g/mol. The quantitative estimate of drug-likeness (QED) is 0.876. The number of hydrogen-bond donors (Lipinski definition) is 1. The highest BCUT2D eigenvalue weighted by Gasteiger charge is 2.26. The first-order chi connectivity index (χ1) is 9.80. The summed E-state index contributed by atoms with van der Waals surface area (Å²) in [7, 11) is 0. The fourth-order valence-corrected chi connectivity index (χ4v) is 2.15. The van der Waals surface area contributed by atoms with Gasteiger partial charge in [0.2, 0.25) is 0 Å². The molecule has 2 rings (SSSR count). The Morgan fingerprint density at radius 2 is 1.57 bits per heavy atom. The molecule has 0 aliphatic rings. The summed E-state index contributed by atoms with van der Waals surface area (Å²) in [4.78, 5) is 24.4. The number of benzene rings is 2. The van der Waals surface area contributed by atoms with Gasteiger partial charge in [-0.05, 0) is 32.4 Å². The number of aryl methyl sites for hydroxylation is 1. The number of carbonyl (C=O) groups excluding carboxylic acids is 2. The van der Waals surface area contributed by atoms with Crippen molar-refractivity contribution in [3.05, 3.63) is 70.8 Å². The molecule has 0 spiro atoms. The van der Waals surface area contributed by atoms with Crippen molar-refractivity contribution in [2.45, 2.75) is 26.4 Å². The lowest BCUT2D eigenvalue weighted by Gasteiger charge is -2.17. The van der Waals surface area contributed by atoms with Crippen LogP contribution >= 0.6 is 0 Å². The van der Waals surface area contributed by atoms with Crippen LogP contribution in [0.2, 0.25) is 0 Å². The van der Waals surface area contributed by atoms with E-state index in [-0.39, 0.29) is 11.6 Å². The van der Waals surface area contributed by atoms with Crippen molar-refractivity contribution in [1.29, 1.82) is 0 Å². The maximum Gasteiger partial charge on any atom is 0.194 e. The number of rotatable bonds is 4. The number of aliphatic hydroxyl groups is 1. The maximum absolute atomic E-state index is 12.3. The predicted molar refractivity (Wildman–Crippen MR) is 81.7 cm³/mol. The first-order valence-electron chi connectivity index (χ1n) is 6.78. The van der Waals surface area contributed by atoms with E-state index >= 15 is 0 Å². The van der Waals surface area contributed by atoms with Crippen LogP contribution in [0.15, 0.2) is 48.5 Å². The SMILES string of the molecule is Cc1cc(C(=O)c2ccccc2)ccc1C(=O)C(C)(C)O. The van der Waals surface area contributed by atoms with Crippen LogP contribution in [0.25, 0.3) is 0 Å². The summed E-state index contributed by atoms with van der Waals surface area (Å²) in [5.74, 6) is -0.431. The molecule has 0 aliphatic heterocycles. The normalized spacial score (nSPS) is 11.2. The second-order valence-corrected chi connectivity index (χ2v) is 5.61. The molecular formula is C18H18O3. The molecule has 3 nitrogen and oxygen atoms in total. The summed E-state index contributed by atoms with van der Waals surface area (Å²) in [6, 6.07) is 13.9. The number of Topliss-reactive ketones (excluding diaryl/α,β-unsaturated/α-hetero) is 1. The zero-order valence-corrected chi connectivity index (χ0v) is 12.4. The Balaban J connectivity index is 2.36. The molecule has 0 bridgehead atoms. The first kappa shape index (κ1) is 15.1. The number of ketones is 2. The summed E-state index contributed by atoms with van der Waals surface area (Å²) < 4.78 is 0. The molecule has 0 fully saturated rings. The van der Waals surface area contributed by atoms with Gasteiger partial charge in [0.25, 0.3) is 0 Å². The molecule has 0 saturated carbocycles. The lowest BCUT2D eigenvalue weighted by molar-refractivity contribution is 0.0487. The van der Waals surface area contributed by atoms with Gasteiger partial charge in [0, 0.05) is 16.7 Å². The molecule has 21 heavy (non-hydrogen) atoms. The van der Waals surface area contributed by atoms with Crippen molar-refractivity contribution in [2.75, 3.05) is 0 Å². The predicted octanol–water partition coefficient (Wildman–Crippen LogP) is 3.18. The highest BCUT2D eigenvalue weighted by atomic mass is 16.3. The van der Waals surface area contributed by atoms with Crippen molar-refractivity contribution in [1.82, 2.24) is 0 Å². The molecule has 2 aromatic carbocycles. The van der Waals surface area contributed by atoms with Gasteiger partial charge in [0.05, 0.1) is 0 Å². The summed E-state index contributed by atoms with van der Waals surface area (Å²) in [6.07, 6.45) is 0. The minimum absolute atomic E-state index is 0.0824. The van der Waals surface area contributed by atoms with E-state index < -0.39 is 5.60 Å². The topological polar surface area (TPSA) is 54.4 Å². The molecule has 1 N–H and O–H groups in total. The molecule has 0 aromatic heterocycles. The van der Waals surface area contributed by atoms with Gasteiger partial charge in [-0.15, -0.1) is 0 Å². The monoisotopic (exact) mass is 282 g/mol. The van der Waals surface area contributed by atoms with Gasteiger partial charge in [-0.1, -0.05) is 42.5 Å². The minimum Gasteiger partial charge on any atom is -0.382 e. The van der Waals surface area contributed by atoms with Crippen LogP contribution in [-0.2, 0) is 0 Å². The third kappa shape index (κ3) is 3.26. The zero-order valence-electron chi connectivity index (χ0n) is 12.4. The molecule has 0 radical (unpaired) electrons. The summed E-state index contributed by atoms with van der Waals surface area (Å²) >= 11 is 0. The highest BCUT2D eigenvalue weighted by molar-refractivity contribution is 6.10. The third-order valence-corrected chi connectivity index (χ3v) is 3.32. The standard InChI is InChI=1S/C18H18O3/c1-12-11-14(16(19)13-7-5-4-6-8-13)9-10-15(12)17(20)18(2,3)21/h4-11,21H,1-3H3. The van der Waals surface area contributed by atoms with Gasteiger partial charge in [0.15, 0.2) is 11.6 Å². The van der Waals surface area contributed by atoms with Crippen LogP contribution in [0.1, 0.15) is 45.7 Å². The summed E-state index contributed by atoms with van der Waals surface area (Å²) in [5, 5.41) is 9.80. The second kappa shape index (κ2) is 5.62. The lowest BCUT2D eigenvalue weighted by atomic mass is 9.91. The second-order valence-electron chi connectivity index (χ2n) is 5.61. The number of carbonyl (C=O) groups is 2. The molecule has 0 unspecified atom stereocenters. The molecule has 0 aliphatic carbocycles. The molecule has 0 amide bonds. The van der Waals surface area contributed by atoms with E-state index in [0.29, 0.717) is 22.3 Å². The Labute approximate surface area is 124 Å². The Morgan fingerprint density at radius 1 is 0.952 bits per heavy atom. The molecule has 108 valence electrons. The highest BCUT2D eigenvalue weighted by Crippen LogP contribution is 2.19. The Bertz CT molecular complexity index is 679. The summed E-state index contributed by atoms with van der Waals surface area (Å²) in [6.45, 7) is 4.68. The van der Waals surface area contributed by atoms with Crippen molar-refractivity contribution in [2.24, 2.45) is 0 Å². The van der Waals surface area contributed by atoms with Crippen LogP contribution in [-0.4, -0.2) is 22.3 Å². The van der Waals surface area contributed by atoms with Crippen LogP contribution in [0.5, 0.6) is 0 Å².